The first-order valence-electron chi connectivity index (χ1n) is 5.64. The topological polar surface area (TPSA) is 31.4 Å². The molecule has 1 aliphatic rings. The molecule has 0 radical (unpaired) electrons. The van der Waals surface area contributed by atoms with Crippen LogP contribution in [0.1, 0.15) is 12.5 Å². The molecule has 1 aromatic heterocycles. The molecule has 0 bridgehead atoms. The Morgan fingerprint density at radius 2 is 2.18 bits per heavy atom. The molecule has 3 nitrogen and oxygen atoms in total. The van der Waals surface area contributed by atoms with Gasteiger partial charge in [0.1, 0.15) is 5.75 Å². The lowest BCUT2D eigenvalue weighted by molar-refractivity contribution is -0.0943. The van der Waals surface area contributed by atoms with Gasteiger partial charge in [-0.15, -0.1) is 0 Å². The van der Waals surface area contributed by atoms with Crippen molar-refractivity contribution in [3.05, 3.63) is 48.3 Å². The van der Waals surface area contributed by atoms with Crippen LogP contribution in [-0.4, -0.2) is 11.3 Å². The van der Waals surface area contributed by atoms with Gasteiger partial charge in [-0.3, -0.25) is 4.98 Å². The Hall–Kier alpha value is -1.87. The van der Waals surface area contributed by atoms with Crippen molar-refractivity contribution in [1.82, 2.24) is 4.98 Å². The summed E-state index contributed by atoms with van der Waals surface area (Å²) in [6, 6.07) is 10.1. The van der Waals surface area contributed by atoms with E-state index in [0.29, 0.717) is 6.61 Å². The molecule has 86 valence electrons. The molecule has 1 aromatic carbocycles. The predicted octanol–water partition coefficient (Wildman–Crippen LogP) is 3.00. The first-order chi connectivity index (χ1) is 8.33. The third kappa shape index (κ3) is 2.01. The Balaban J connectivity index is 1.99. The Morgan fingerprint density at radius 1 is 1.24 bits per heavy atom. The van der Waals surface area contributed by atoms with E-state index in [4.69, 9.17) is 9.47 Å². The molecule has 0 N–H and O–H groups in total. The molecule has 17 heavy (non-hydrogen) atoms. The number of hydrogen-bond acceptors (Lipinski definition) is 3. The summed E-state index contributed by atoms with van der Waals surface area (Å²) >= 11 is 0. The van der Waals surface area contributed by atoms with E-state index < -0.39 is 0 Å². The van der Waals surface area contributed by atoms with Crippen LogP contribution in [0.25, 0.3) is 11.1 Å². The zero-order valence-electron chi connectivity index (χ0n) is 9.59. The van der Waals surface area contributed by atoms with Crippen LogP contribution in [-0.2, 0) is 11.3 Å². The van der Waals surface area contributed by atoms with Gasteiger partial charge in [0, 0.05) is 23.5 Å². The fourth-order valence-electron chi connectivity index (χ4n) is 1.94. The van der Waals surface area contributed by atoms with Gasteiger partial charge in [0.15, 0.2) is 6.29 Å². The fourth-order valence-corrected chi connectivity index (χ4v) is 1.94. The molecule has 0 spiro atoms. The number of fused-ring (bicyclic) bond motifs is 1. The molecule has 1 aliphatic heterocycles. The predicted molar refractivity (Wildman–Crippen MR) is 64.6 cm³/mol. The van der Waals surface area contributed by atoms with Crippen molar-refractivity contribution in [2.24, 2.45) is 0 Å². The summed E-state index contributed by atoms with van der Waals surface area (Å²) in [6.07, 6.45) is 3.47. The van der Waals surface area contributed by atoms with Crippen molar-refractivity contribution in [2.45, 2.75) is 19.8 Å². The molecule has 2 aromatic rings. The zero-order chi connectivity index (χ0) is 11.7. The molecule has 0 amide bonds. The molecule has 0 aliphatic carbocycles. The van der Waals surface area contributed by atoms with E-state index in [2.05, 4.69) is 11.1 Å². The van der Waals surface area contributed by atoms with Gasteiger partial charge in [0.25, 0.3) is 0 Å². The SMILES string of the molecule is C[C@@H]1OCc2cc(-c3cccnc3)ccc2O1. The molecule has 0 unspecified atom stereocenters. The van der Waals surface area contributed by atoms with Gasteiger partial charge in [-0.05, 0) is 30.7 Å². The second-order valence-electron chi connectivity index (χ2n) is 4.06. The number of nitrogens with zero attached hydrogens (tertiary/aromatic N) is 1. The lowest BCUT2D eigenvalue weighted by atomic mass is 10.0. The number of rotatable bonds is 1. The maximum Gasteiger partial charge on any atom is 0.197 e. The minimum Gasteiger partial charge on any atom is -0.465 e. The number of benzene rings is 1. The summed E-state index contributed by atoms with van der Waals surface area (Å²) in [6.45, 7) is 2.50. The van der Waals surface area contributed by atoms with E-state index in [9.17, 15) is 0 Å². The van der Waals surface area contributed by atoms with Crippen molar-refractivity contribution in [2.75, 3.05) is 0 Å². The average Bonchev–Trinajstić information content (AvgIpc) is 2.39. The zero-order valence-corrected chi connectivity index (χ0v) is 9.59. The van der Waals surface area contributed by atoms with Gasteiger partial charge >= 0.3 is 0 Å². The van der Waals surface area contributed by atoms with Crippen LogP contribution in [0.15, 0.2) is 42.7 Å². The van der Waals surface area contributed by atoms with Crippen LogP contribution >= 0.6 is 0 Å². The lowest BCUT2D eigenvalue weighted by Gasteiger charge is -2.24. The Bertz CT molecular complexity index is 525. The van der Waals surface area contributed by atoms with Crippen molar-refractivity contribution in [3.8, 4) is 16.9 Å². The quantitative estimate of drug-likeness (QED) is 0.750. The van der Waals surface area contributed by atoms with Gasteiger partial charge in [0.05, 0.1) is 6.61 Å². The smallest absolute Gasteiger partial charge is 0.197 e. The fraction of sp³-hybridized carbons (Fsp3) is 0.214. The summed E-state index contributed by atoms with van der Waals surface area (Å²) in [5, 5.41) is 0. The highest BCUT2D eigenvalue weighted by Crippen LogP contribution is 2.30. The van der Waals surface area contributed by atoms with Gasteiger partial charge in [-0.2, -0.15) is 0 Å². The number of pyridine rings is 1. The highest BCUT2D eigenvalue weighted by Gasteiger charge is 2.16. The normalized spacial score (nSPS) is 18.3. The van der Waals surface area contributed by atoms with Crippen LogP contribution in [0, 0.1) is 0 Å². The van der Waals surface area contributed by atoms with Crippen LogP contribution < -0.4 is 4.74 Å². The van der Waals surface area contributed by atoms with Crippen LogP contribution in [0.2, 0.25) is 0 Å². The standard InChI is InChI=1S/C14H13NO2/c1-10-16-9-13-7-11(4-5-14(13)17-10)12-3-2-6-15-8-12/h2-8,10H,9H2,1H3/t10-/m1/s1. The van der Waals surface area contributed by atoms with Crippen molar-refractivity contribution in [1.29, 1.82) is 0 Å². The Labute approximate surface area is 100 Å². The van der Waals surface area contributed by atoms with Crippen molar-refractivity contribution in [3.63, 3.8) is 0 Å². The van der Waals surface area contributed by atoms with E-state index >= 15 is 0 Å². The molecular weight excluding hydrogens is 214 g/mol. The maximum atomic E-state index is 5.58. The molecule has 2 heterocycles. The van der Waals surface area contributed by atoms with Crippen molar-refractivity contribution >= 4 is 0 Å². The summed E-state index contributed by atoms with van der Waals surface area (Å²) in [5.74, 6) is 0.913. The highest BCUT2D eigenvalue weighted by atomic mass is 16.7. The Morgan fingerprint density at radius 3 is 3.00 bits per heavy atom. The highest BCUT2D eigenvalue weighted by molar-refractivity contribution is 5.64. The lowest BCUT2D eigenvalue weighted by Crippen LogP contribution is -2.21. The minimum absolute atomic E-state index is 0.160. The summed E-state index contributed by atoms with van der Waals surface area (Å²) < 4.78 is 11.0. The third-order valence-electron chi connectivity index (χ3n) is 2.82. The molecule has 0 saturated heterocycles. The van der Waals surface area contributed by atoms with Gasteiger partial charge < -0.3 is 9.47 Å². The molecule has 0 fully saturated rings. The number of aromatic nitrogens is 1. The van der Waals surface area contributed by atoms with E-state index in [-0.39, 0.29) is 6.29 Å². The maximum absolute atomic E-state index is 5.58. The minimum atomic E-state index is -0.160. The largest absolute Gasteiger partial charge is 0.465 e. The van der Waals surface area contributed by atoms with E-state index in [1.807, 2.05) is 37.4 Å². The van der Waals surface area contributed by atoms with Crippen LogP contribution in [0.5, 0.6) is 5.75 Å². The third-order valence-corrected chi connectivity index (χ3v) is 2.82. The van der Waals surface area contributed by atoms with Crippen LogP contribution in [0.3, 0.4) is 0 Å². The number of hydrogen-bond donors (Lipinski definition) is 0. The molecular formula is C14H13NO2. The second-order valence-corrected chi connectivity index (χ2v) is 4.06. The van der Waals surface area contributed by atoms with Crippen molar-refractivity contribution < 1.29 is 9.47 Å². The summed E-state index contributed by atoms with van der Waals surface area (Å²) in [4.78, 5) is 4.12. The second kappa shape index (κ2) is 4.18. The first kappa shape index (κ1) is 10.3. The molecule has 3 rings (SSSR count). The molecule has 1 atom stereocenters. The van der Waals surface area contributed by atoms with E-state index in [1.54, 1.807) is 6.20 Å². The monoisotopic (exact) mass is 227 g/mol. The Kier molecular flexibility index (Phi) is 2.53. The van der Waals surface area contributed by atoms with Gasteiger partial charge in [-0.25, -0.2) is 0 Å². The first-order valence-corrected chi connectivity index (χ1v) is 5.64. The van der Waals surface area contributed by atoms with Gasteiger partial charge in [0.2, 0.25) is 0 Å². The molecule has 0 saturated carbocycles. The van der Waals surface area contributed by atoms with Crippen LogP contribution in [0.4, 0.5) is 0 Å². The average molecular weight is 227 g/mol. The summed E-state index contributed by atoms with van der Waals surface area (Å²) in [5.41, 5.74) is 3.33. The van der Waals surface area contributed by atoms with E-state index in [1.165, 1.54) is 0 Å². The summed E-state index contributed by atoms with van der Waals surface area (Å²) in [7, 11) is 0. The number of ether oxygens (including phenoxy) is 2. The molecule has 3 heteroatoms. The van der Waals surface area contributed by atoms with Gasteiger partial charge in [-0.1, -0.05) is 12.1 Å². The van der Waals surface area contributed by atoms with E-state index in [0.717, 1.165) is 22.4 Å².